The minimum absolute atomic E-state index is 0.377. The molecule has 172 valence electrons. The Labute approximate surface area is 199 Å². The molecule has 35 heavy (non-hydrogen) atoms. The number of rotatable bonds is 8. The first-order valence-corrected chi connectivity index (χ1v) is 10.9. The highest BCUT2D eigenvalue weighted by molar-refractivity contribution is 5.38. The van der Waals surface area contributed by atoms with E-state index in [1.165, 1.54) is 0 Å². The molecule has 0 aliphatic carbocycles. The monoisotopic (exact) mass is 464 g/mol. The molecule has 0 saturated heterocycles. The molecule has 6 aromatic heterocycles. The predicted molar refractivity (Wildman–Crippen MR) is 125 cm³/mol. The summed E-state index contributed by atoms with van der Waals surface area (Å²) in [6, 6.07) is 15.3. The van der Waals surface area contributed by atoms with Gasteiger partial charge in [0, 0.05) is 49.6 Å². The minimum atomic E-state index is 0.377. The Bertz CT molecular complexity index is 1280. The molecule has 0 amide bonds. The average molecular weight is 464 g/mol. The van der Waals surface area contributed by atoms with Gasteiger partial charge in [0.05, 0.1) is 13.2 Å². The Morgan fingerprint density at radius 3 is 1.06 bits per heavy atom. The first-order chi connectivity index (χ1) is 17.3. The van der Waals surface area contributed by atoms with Gasteiger partial charge in [-0.1, -0.05) is 0 Å². The molecule has 11 heteroatoms. The summed E-state index contributed by atoms with van der Waals surface area (Å²) in [4.78, 5) is 9.36. The molecule has 6 rings (SSSR count). The first-order valence-electron chi connectivity index (χ1n) is 10.9. The Kier molecular flexibility index (Phi) is 5.41. The van der Waals surface area contributed by atoms with E-state index in [1.54, 1.807) is 43.5 Å². The van der Waals surface area contributed by atoms with Crippen molar-refractivity contribution in [2.75, 3.05) is 0 Å². The van der Waals surface area contributed by atoms with Crippen LogP contribution in [0.5, 0.6) is 0 Å². The molecular weight excluding hydrogens is 444 g/mol. The van der Waals surface area contributed by atoms with E-state index in [2.05, 4.69) is 30.4 Å². The van der Waals surface area contributed by atoms with Gasteiger partial charge in [-0.25, -0.2) is 28.7 Å². The molecule has 0 aliphatic rings. The number of hydrogen-bond acceptors (Lipinski definition) is 7. The summed E-state index contributed by atoms with van der Waals surface area (Å²) in [7, 11) is 0. The zero-order valence-electron chi connectivity index (χ0n) is 18.5. The summed E-state index contributed by atoms with van der Waals surface area (Å²) in [6.45, 7) is 0.753. The maximum Gasteiger partial charge on any atom is 0.156 e. The fourth-order valence-corrected chi connectivity index (χ4v) is 3.65. The molecule has 6 aromatic rings. The quantitative estimate of drug-likeness (QED) is 0.341. The maximum atomic E-state index is 6.12. The van der Waals surface area contributed by atoms with Crippen molar-refractivity contribution in [1.29, 1.82) is 0 Å². The molecule has 0 aromatic carbocycles. The van der Waals surface area contributed by atoms with Gasteiger partial charge >= 0.3 is 0 Å². The zero-order valence-corrected chi connectivity index (χ0v) is 18.5. The lowest BCUT2D eigenvalue weighted by molar-refractivity contribution is 0.107. The molecule has 0 unspecified atom stereocenters. The van der Waals surface area contributed by atoms with Gasteiger partial charge in [0.15, 0.2) is 23.3 Å². The largest absolute Gasteiger partial charge is 0.372 e. The molecular formula is C24H20N10O. The topological polar surface area (TPSA) is 106 Å². The van der Waals surface area contributed by atoms with Crippen LogP contribution >= 0.6 is 0 Å². The van der Waals surface area contributed by atoms with Crippen LogP contribution in [0.15, 0.2) is 98.1 Å². The van der Waals surface area contributed by atoms with Crippen molar-refractivity contribution in [3.8, 4) is 23.3 Å². The van der Waals surface area contributed by atoms with Crippen LogP contribution in [0.3, 0.4) is 0 Å². The van der Waals surface area contributed by atoms with Crippen LogP contribution in [-0.2, 0) is 18.0 Å². The van der Waals surface area contributed by atoms with E-state index in [1.807, 2.05) is 73.3 Å². The molecule has 0 atom stereocenters. The highest BCUT2D eigenvalue weighted by Gasteiger charge is 2.10. The zero-order chi connectivity index (χ0) is 23.5. The lowest BCUT2D eigenvalue weighted by Gasteiger charge is -2.12. The van der Waals surface area contributed by atoms with Crippen LogP contribution in [0.1, 0.15) is 11.1 Å². The number of pyridine rings is 2. The lowest BCUT2D eigenvalue weighted by Crippen LogP contribution is -2.08. The fourth-order valence-electron chi connectivity index (χ4n) is 3.65. The molecule has 0 spiro atoms. The van der Waals surface area contributed by atoms with Crippen molar-refractivity contribution in [1.82, 2.24) is 49.1 Å². The molecule has 0 N–H and O–H groups in total. The molecule has 0 fully saturated rings. The number of nitrogens with zero attached hydrogens (tertiary/aromatic N) is 10. The van der Waals surface area contributed by atoms with E-state index in [0.717, 1.165) is 11.1 Å². The summed E-state index contributed by atoms with van der Waals surface area (Å²) in [5.74, 6) is 2.75. The summed E-state index contributed by atoms with van der Waals surface area (Å²) in [5, 5.41) is 17.2. The molecule has 6 heterocycles. The van der Waals surface area contributed by atoms with Gasteiger partial charge in [0.1, 0.15) is 0 Å². The van der Waals surface area contributed by atoms with Crippen LogP contribution in [0.4, 0.5) is 0 Å². The van der Waals surface area contributed by atoms with Crippen LogP contribution < -0.4 is 0 Å². The van der Waals surface area contributed by atoms with Gasteiger partial charge in [0.25, 0.3) is 0 Å². The third kappa shape index (κ3) is 4.48. The molecule has 0 radical (unpaired) electrons. The van der Waals surface area contributed by atoms with E-state index in [9.17, 15) is 0 Å². The molecule has 11 nitrogen and oxygen atoms in total. The summed E-state index contributed by atoms with van der Waals surface area (Å²) in [6.07, 6.45) is 14.3. The maximum absolute atomic E-state index is 6.12. The Hall–Kier alpha value is -4.90. The van der Waals surface area contributed by atoms with Crippen molar-refractivity contribution < 1.29 is 4.74 Å². The second-order valence-electron chi connectivity index (χ2n) is 7.68. The minimum Gasteiger partial charge on any atom is -0.372 e. The van der Waals surface area contributed by atoms with Crippen LogP contribution in [-0.4, -0.2) is 49.1 Å². The molecule has 0 aliphatic heterocycles. The van der Waals surface area contributed by atoms with Gasteiger partial charge < -0.3 is 4.74 Å². The number of hydrogen-bond donors (Lipinski definition) is 0. The van der Waals surface area contributed by atoms with Crippen molar-refractivity contribution >= 4 is 0 Å². The average Bonchev–Trinajstić information content (AvgIpc) is 3.72. The molecule has 0 saturated carbocycles. The summed E-state index contributed by atoms with van der Waals surface area (Å²) in [5.41, 5.74) is 1.90. The summed E-state index contributed by atoms with van der Waals surface area (Å²) >= 11 is 0. The predicted octanol–water partition coefficient (Wildman–Crippen LogP) is 2.94. The van der Waals surface area contributed by atoms with Gasteiger partial charge in [-0.15, -0.1) is 0 Å². The van der Waals surface area contributed by atoms with Gasteiger partial charge in [0.2, 0.25) is 0 Å². The van der Waals surface area contributed by atoms with Crippen LogP contribution in [0.25, 0.3) is 23.3 Å². The lowest BCUT2D eigenvalue weighted by atomic mass is 10.2. The summed E-state index contributed by atoms with van der Waals surface area (Å²) < 4.78 is 13.0. The van der Waals surface area contributed by atoms with E-state index in [4.69, 9.17) is 4.74 Å². The normalized spacial score (nSPS) is 11.2. The number of ether oxygens (including phenoxy) is 1. The standard InChI is InChI=1S/C24H20N10O/c1-5-25-31(9-1)21-13-19(14-22(29-21)32-10-2-6-26-32)17-35-18-20-15-23(33-11-3-7-27-33)30-24(16-20)34-12-4-8-28-34/h1-16H,17-18H2. The highest BCUT2D eigenvalue weighted by Crippen LogP contribution is 2.17. The van der Waals surface area contributed by atoms with Gasteiger partial charge in [-0.3, -0.25) is 0 Å². The third-order valence-electron chi connectivity index (χ3n) is 5.21. The van der Waals surface area contributed by atoms with Gasteiger partial charge in [-0.2, -0.15) is 20.4 Å². The molecule has 0 bridgehead atoms. The smallest absolute Gasteiger partial charge is 0.156 e. The Morgan fingerprint density at radius 2 is 0.800 bits per heavy atom. The third-order valence-corrected chi connectivity index (χ3v) is 5.21. The fraction of sp³-hybridized carbons (Fsp3) is 0.0833. The highest BCUT2D eigenvalue weighted by atomic mass is 16.5. The first kappa shape index (κ1) is 20.7. The van der Waals surface area contributed by atoms with E-state index in [0.29, 0.717) is 36.5 Å². The van der Waals surface area contributed by atoms with Crippen molar-refractivity contribution in [2.24, 2.45) is 0 Å². The Morgan fingerprint density at radius 1 is 0.486 bits per heavy atom. The van der Waals surface area contributed by atoms with Crippen molar-refractivity contribution in [3.63, 3.8) is 0 Å². The Balaban J connectivity index is 1.26. The van der Waals surface area contributed by atoms with Gasteiger partial charge in [-0.05, 0) is 59.7 Å². The second-order valence-corrected chi connectivity index (χ2v) is 7.68. The van der Waals surface area contributed by atoms with E-state index < -0.39 is 0 Å². The second kappa shape index (κ2) is 9.15. The van der Waals surface area contributed by atoms with Crippen molar-refractivity contribution in [2.45, 2.75) is 13.2 Å². The van der Waals surface area contributed by atoms with Crippen LogP contribution in [0.2, 0.25) is 0 Å². The SMILES string of the molecule is c1cnn(-c2cc(COCc3cc(-n4cccn4)nc(-n4cccn4)c3)cc(-n3cccn3)n2)c1. The van der Waals surface area contributed by atoms with E-state index in [-0.39, 0.29) is 0 Å². The van der Waals surface area contributed by atoms with E-state index >= 15 is 0 Å². The van der Waals surface area contributed by atoms with Crippen molar-refractivity contribution in [3.05, 3.63) is 109 Å². The van der Waals surface area contributed by atoms with Crippen LogP contribution in [0, 0.1) is 0 Å². The number of aromatic nitrogens is 10.